The summed E-state index contributed by atoms with van der Waals surface area (Å²) < 4.78 is 35.7. The molecule has 17 nitrogen and oxygen atoms in total. The largest absolute Gasteiger partial charge is 0.459 e. The van der Waals surface area contributed by atoms with Gasteiger partial charge in [0.15, 0.2) is 0 Å². The molecule has 0 radical (unpaired) electrons. The van der Waals surface area contributed by atoms with Crippen molar-refractivity contribution >= 4 is 79.0 Å². The van der Waals surface area contributed by atoms with Gasteiger partial charge in [-0.2, -0.15) is 0 Å². The quantitative estimate of drug-likeness (QED) is 0.0359. The molecule has 0 fully saturated rings. The molecule has 5 N–H and O–H groups in total. The number of alkyl carbamates (subject to hydrolysis) is 2. The van der Waals surface area contributed by atoms with Crippen LogP contribution in [-0.2, 0) is 68.2 Å². The molecule has 0 aliphatic carbocycles. The number of esters is 2. The van der Waals surface area contributed by atoms with Gasteiger partial charge >= 0.3 is 24.1 Å². The summed E-state index contributed by atoms with van der Waals surface area (Å²) >= 11 is 2.28. The summed E-state index contributed by atoms with van der Waals surface area (Å²) in [5, 5.41) is 19.8. The summed E-state index contributed by atoms with van der Waals surface area (Å²) in [5.74, 6) is -2.40. The number of carbonyl (C=O) groups is 6. The van der Waals surface area contributed by atoms with Crippen molar-refractivity contribution in [2.45, 2.75) is 51.8 Å². The Bertz CT molecular complexity index is 2940. The lowest BCUT2D eigenvalue weighted by Gasteiger charge is -2.18. The molecule has 8 aromatic rings. The van der Waals surface area contributed by atoms with Crippen molar-refractivity contribution in [3.8, 4) is 0 Å². The number of aliphatic hydroxyl groups excluding tert-OH is 1. The number of alkyl halides is 1. The first-order valence-electron chi connectivity index (χ1n) is 22.9. The van der Waals surface area contributed by atoms with Gasteiger partial charge in [-0.05, 0) is 52.1 Å². The summed E-state index contributed by atoms with van der Waals surface area (Å²) in [6.45, 7) is -1.28. The molecule has 2 atom stereocenters. The summed E-state index contributed by atoms with van der Waals surface area (Å²) in [4.78, 5) is 85.1. The molecule has 0 aliphatic heterocycles. The number of nitrogens with one attached hydrogen (secondary N) is 4. The number of rotatable bonds is 20. The maximum atomic E-state index is 13.3. The maximum absolute atomic E-state index is 13.3. The average molecular weight is 1040 g/mol. The third-order valence-corrected chi connectivity index (χ3v) is 13.1. The van der Waals surface area contributed by atoms with Gasteiger partial charge in [0.25, 0.3) is 11.8 Å². The van der Waals surface area contributed by atoms with Gasteiger partial charge in [0, 0.05) is 31.0 Å². The fraction of sp³-hybridized carbons (Fsp3) is 0.185. The van der Waals surface area contributed by atoms with Crippen molar-refractivity contribution in [3.05, 3.63) is 201 Å². The van der Waals surface area contributed by atoms with Crippen LogP contribution in [0.15, 0.2) is 158 Å². The number of benzene rings is 4. The number of fused-ring (bicyclic) bond motifs is 2. The van der Waals surface area contributed by atoms with Crippen molar-refractivity contribution in [2.75, 3.05) is 13.1 Å². The highest BCUT2D eigenvalue weighted by molar-refractivity contribution is 7.21. The van der Waals surface area contributed by atoms with Crippen LogP contribution in [0.1, 0.15) is 52.7 Å². The van der Waals surface area contributed by atoms with Gasteiger partial charge in [-0.25, -0.2) is 23.6 Å². The molecule has 20 heteroatoms. The number of pyridine rings is 2. The van der Waals surface area contributed by atoms with Gasteiger partial charge in [-0.15, -0.1) is 22.7 Å². The van der Waals surface area contributed by atoms with Crippen molar-refractivity contribution in [1.29, 1.82) is 0 Å². The molecule has 0 spiro atoms. The van der Waals surface area contributed by atoms with Crippen molar-refractivity contribution in [1.82, 2.24) is 31.2 Å². The Labute approximate surface area is 431 Å². The molecule has 4 amide bonds. The third kappa shape index (κ3) is 15.7. The zero-order valence-electron chi connectivity index (χ0n) is 39.4. The predicted octanol–water partition coefficient (Wildman–Crippen LogP) is 8.09. The highest BCUT2D eigenvalue weighted by Crippen LogP contribution is 2.29. The van der Waals surface area contributed by atoms with Crippen LogP contribution in [0.3, 0.4) is 0 Å². The van der Waals surface area contributed by atoms with Crippen LogP contribution in [0.4, 0.5) is 14.0 Å². The van der Waals surface area contributed by atoms with Crippen LogP contribution in [0.5, 0.6) is 0 Å². The second-order valence-corrected chi connectivity index (χ2v) is 18.1. The molecule has 74 heavy (non-hydrogen) atoms. The van der Waals surface area contributed by atoms with Crippen molar-refractivity contribution in [3.63, 3.8) is 0 Å². The van der Waals surface area contributed by atoms with Crippen LogP contribution in [0.2, 0.25) is 0 Å². The van der Waals surface area contributed by atoms with E-state index in [1.165, 1.54) is 17.5 Å². The highest BCUT2D eigenvalue weighted by Gasteiger charge is 2.27. The van der Waals surface area contributed by atoms with Crippen LogP contribution in [0, 0.1) is 0 Å². The van der Waals surface area contributed by atoms with E-state index in [9.17, 15) is 38.3 Å². The smallest absolute Gasteiger partial charge is 0.408 e. The second kappa shape index (κ2) is 27.3. The van der Waals surface area contributed by atoms with Gasteiger partial charge in [0.2, 0.25) is 0 Å². The molecule has 4 aromatic heterocycles. The standard InChI is InChI=1S/C27H24FN3O5S.C27H25N3O6S/c28-14-20-11-12-29-21-13-23(37-24(20)21)25(32)30-15-22(26(33)35-16-18-7-3-1-4-8-18)31-27(34)36-17-19-9-5-2-6-10-19;31-15-20-11-12-28-21-13-23(37-24(20)21)25(32)29-14-22(26(33)35-16-18-7-3-1-4-8-18)30-27(34)36-17-19-9-5-2-6-10-19/h1-13,22H,14-17H2,(H,30,32)(H,31,34);1-13,22,31H,14-17H2,(H,29,32)(H,30,34)/t2*22-/m11/s1. The number of hydrogen-bond acceptors (Lipinski definition) is 15. The molecule has 380 valence electrons. The number of halogens is 1. The Hall–Kier alpha value is -8.59. The zero-order valence-corrected chi connectivity index (χ0v) is 41.1. The van der Waals surface area contributed by atoms with Gasteiger partial charge < -0.3 is 45.3 Å². The van der Waals surface area contributed by atoms with Gasteiger partial charge in [-0.1, -0.05) is 121 Å². The van der Waals surface area contributed by atoms with Gasteiger partial charge in [0.1, 0.15) is 45.2 Å². The number of amides is 4. The first-order chi connectivity index (χ1) is 36.1. The van der Waals surface area contributed by atoms with E-state index < -0.39 is 54.7 Å². The van der Waals surface area contributed by atoms with Gasteiger partial charge in [-0.3, -0.25) is 19.6 Å². The van der Waals surface area contributed by atoms with Crippen LogP contribution in [0.25, 0.3) is 20.4 Å². The van der Waals surface area contributed by atoms with Crippen molar-refractivity contribution in [2.24, 2.45) is 0 Å². The first-order valence-corrected chi connectivity index (χ1v) is 24.5. The number of thiophene rings is 2. The number of hydrogen-bond donors (Lipinski definition) is 5. The SMILES string of the molecule is O=C(N[C@H](CNC(=O)c1cc2nccc(CF)c2s1)C(=O)OCc1ccccc1)OCc1ccccc1.O=C(N[C@H](CNC(=O)c1cc2nccc(CO)c2s1)C(=O)OCc1ccccc1)OCc1ccccc1. The third-order valence-electron chi connectivity index (χ3n) is 10.7. The monoisotopic (exact) mass is 1040 g/mol. The van der Waals surface area contributed by atoms with E-state index in [0.717, 1.165) is 33.6 Å². The van der Waals surface area contributed by atoms with Crippen LogP contribution in [-0.4, -0.2) is 76.2 Å². The second-order valence-electron chi connectivity index (χ2n) is 16.0. The van der Waals surface area contributed by atoms with Crippen LogP contribution < -0.4 is 21.3 Å². The van der Waals surface area contributed by atoms with Crippen LogP contribution >= 0.6 is 22.7 Å². The Kier molecular flexibility index (Phi) is 19.6. The Morgan fingerprint density at radius 2 is 0.851 bits per heavy atom. The molecular weight excluding hydrogens is 992 g/mol. The van der Waals surface area contributed by atoms with E-state index in [1.807, 2.05) is 84.9 Å². The Morgan fingerprint density at radius 1 is 0.500 bits per heavy atom. The lowest BCUT2D eigenvalue weighted by molar-refractivity contribution is -0.148. The normalized spacial score (nSPS) is 11.5. The fourth-order valence-electron chi connectivity index (χ4n) is 6.86. The lowest BCUT2D eigenvalue weighted by Crippen LogP contribution is -2.49. The minimum absolute atomic E-state index is 0.00114. The van der Waals surface area contributed by atoms with E-state index in [0.29, 0.717) is 41.3 Å². The molecular formula is C54H49FN6O11S2. The maximum Gasteiger partial charge on any atom is 0.408 e. The Morgan fingerprint density at radius 3 is 1.22 bits per heavy atom. The summed E-state index contributed by atoms with van der Waals surface area (Å²) in [6.07, 6.45) is 1.39. The summed E-state index contributed by atoms with van der Waals surface area (Å²) in [5.41, 5.74) is 5.32. The zero-order chi connectivity index (χ0) is 52.1. The number of nitrogens with zero attached hydrogens (tertiary/aromatic N) is 2. The molecule has 8 rings (SSSR count). The Balaban J connectivity index is 0.000000216. The molecule has 4 aromatic carbocycles. The molecule has 0 bridgehead atoms. The summed E-state index contributed by atoms with van der Waals surface area (Å²) in [7, 11) is 0. The van der Waals surface area contributed by atoms with Gasteiger partial charge in [0.05, 0.1) is 36.8 Å². The van der Waals surface area contributed by atoms with Crippen molar-refractivity contribution < 1.29 is 57.2 Å². The molecule has 0 unspecified atom stereocenters. The molecule has 4 heterocycles. The number of aromatic nitrogens is 2. The van der Waals surface area contributed by atoms with E-state index in [1.54, 1.807) is 66.9 Å². The highest BCUT2D eigenvalue weighted by atomic mass is 32.1. The van der Waals surface area contributed by atoms with E-state index in [2.05, 4.69) is 31.2 Å². The number of ether oxygens (including phenoxy) is 4. The molecule has 0 saturated heterocycles. The minimum Gasteiger partial charge on any atom is -0.459 e. The molecule has 0 saturated carbocycles. The predicted molar refractivity (Wildman–Crippen MR) is 274 cm³/mol. The van der Waals surface area contributed by atoms with E-state index in [4.69, 9.17) is 18.9 Å². The number of aliphatic hydroxyl groups is 1. The fourth-order valence-corrected chi connectivity index (χ4v) is 8.92. The molecule has 0 aliphatic rings. The topological polar surface area (TPSA) is 233 Å². The van der Waals surface area contributed by atoms with E-state index >= 15 is 0 Å². The first kappa shape index (κ1) is 53.2. The number of carbonyl (C=O) groups excluding carboxylic acids is 6. The summed E-state index contributed by atoms with van der Waals surface area (Å²) in [6, 6.07) is 40.4. The van der Waals surface area contributed by atoms with E-state index in [-0.39, 0.29) is 46.1 Å². The average Bonchev–Trinajstić information content (AvgIpc) is 4.10. The lowest BCUT2D eigenvalue weighted by atomic mass is 10.2. The minimum atomic E-state index is -1.20.